The van der Waals surface area contributed by atoms with Gasteiger partial charge in [-0.2, -0.15) is 0 Å². The van der Waals surface area contributed by atoms with Crippen LogP contribution in [-0.4, -0.2) is 99.6 Å². The van der Waals surface area contributed by atoms with Gasteiger partial charge >= 0.3 is 5.97 Å². The Morgan fingerprint density at radius 2 is 0.889 bits per heavy atom. The molecule has 8 unspecified atom stereocenters. The van der Waals surface area contributed by atoms with Crippen LogP contribution in [0.3, 0.4) is 0 Å². The predicted molar refractivity (Wildman–Crippen MR) is 338 cm³/mol. The topological polar surface area (TPSA) is 175 Å². The molecule has 1 aliphatic heterocycles. The van der Waals surface area contributed by atoms with E-state index in [-0.39, 0.29) is 19.4 Å². The van der Waals surface area contributed by atoms with Crippen LogP contribution in [0.25, 0.3) is 0 Å². The Labute approximate surface area is 494 Å². The number of unbranched alkanes of at least 4 members (excludes halogenated alkanes) is 24. The number of hydrogen-bond donors (Lipinski definition) is 6. The Morgan fingerprint density at radius 1 is 0.494 bits per heavy atom. The first-order chi connectivity index (χ1) is 39.7. The highest BCUT2D eigenvalue weighted by Gasteiger charge is 2.47. The van der Waals surface area contributed by atoms with E-state index in [1.54, 1.807) is 6.08 Å². The fourth-order valence-electron chi connectivity index (χ4n) is 9.51. The predicted octanol–water partition coefficient (Wildman–Crippen LogP) is 16.1. The third-order valence-electron chi connectivity index (χ3n) is 14.7. The average molecular weight is 1130 g/mol. The molecule has 1 rings (SSSR count). The zero-order valence-corrected chi connectivity index (χ0v) is 51.4. The Balaban J connectivity index is 2.65. The van der Waals surface area contributed by atoms with Crippen LogP contribution < -0.4 is 5.32 Å². The molecule has 0 spiro atoms. The average Bonchev–Trinajstić information content (AvgIpc) is 3.50. The molecule has 0 aromatic carbocycles. The third kappa shape index (κ3) is 44.5. The molecule has 1 amide bonds. The van der Waals surface area contributed by atoms with Gasteiger partial charge in [-0.05, 0) is 109 Å². The van der Waals surface area contributed by atoms with Gasteiger partial charge in [-0.3, -0.25) is 9.59 Å². The minimum atomic E-state index is -1.63. The van der Waals surface area contributed by atoms with E-state index in [1.165, 1.54) is 77.0 Å². The van der Waals surface area contributed by atoms with Gasteiger partial charge in [0.15, 0.2) is 12.4 Å². The largest absolute Gasteiger partial charge is 0.454 e. The van der Waals surface area contributed by atoms with E-state index in [2.05, 4.69) is 123 Å². The number of aliphatic hydroxyl groups excluding tert-OH is 5. The molecule has 11 heteroatoms. The second-order valence-corrected chi connectivity index (χ2v) is 22.1. The molecule has 1 saturated heterocycles. The van der Waals surface area contributed by atoms with Crippen molar-refractivity contribution in [2.24, 2.45) is 0 Å². The molecule has 11 nitrogen and oxygen atoms in total. The molecular weight excluding hydrogens is 1010 g/mol. The number of aliphatic hydroxyl groups is 5. The van der Waals surface area contributed by atoms with Crippen molar-refractivity contribution in [3.63, 3.8) is 0 Å². The van der Waals surface area contributed by atoms with E-state index in [1.807, 2.05) is 6.08 Å². The molecule has 81 heavy (non-hydrogen) atoms. The number of esters is 1. The van der Waals surface area contributed by atoms with Crippen molar-refractivity contribution in [3.05, 3.63) is 109 Å². The van der Waals surface area contributed by atoms with Crippen molar-refractivity contribution in [1.29, 1.82) is 0 Å². The number of carbonyl (C=O) groups excluding carboxylic acids is 2. The lowest BCUT2D eigenvalue weighted by Crippen LogP contribution is -2.61. The smallest absolute Gasteiger partial charge is 0.306 e. The van der Waals surface area contributed by atoms with Crippen LogP contribution >= 0.6 is 0 Å². The van der Waals surface area contributed by atoms with Gasteiger partial charge in [-0.25, -0.2) is 0 Å². The molecule has 1 fully saturated rings. The fraction of sp³-hybridized carbons (Fsp3) is 0.714. The summed E-state index contributed by atoms with van der Waals surface area (Å²) in [6.45, 7) is 5.63. The first-order valence-electron chi connectivity index (χ1n) is 32.7. The molecular formula is C70H119NO10. The quantitative estimate of drug-likeness (QED) is 0.0195. The van der Waals surface area contributed by atoms with E-state index in [0.29, 0.717) is 12.8 Å². The van der Waals surface area contributed by atoms with Crippen LogP contribution in [0, 0.1) is 0 Å². The molecule has 0 aromatic heterocycles. The summed E-state index contributed by atoms with van der Waals surface area (Å²) in [5.41, 5.74) is 0. The Morgan fingerprint density at radius 3 is 1.36 bits per heavy atom. The van der Waals surface area contributed by atoms with Crippen molar-refractivity contribution in [1.82, 2.24) is 5.32 Å². The van der Waals surface area contributed by atoms with Crippen LogP contribution in [0.5, 0.6) is 0 Å². The van der Waals surface area contributed by atoms with Crippen LogP contribution in [0.1, 0.15) is 258 Å². The maximum absolute atomic E-state index is 13.4. The van der Waals surface area contributed by atoms with E-state index in [0.717, 1.165) is 135 Å². The molecule has 8 atom stereocenters. The summed E-state index contributed by atoms with van der Waals surface area (Å²) in [5, 5.41) is 57.1. The van der Waals surface area contributed by atoms with Crippen LogP contribution in [0.15, 0.2) is 109 Å². The molecule has 0 aromatic rings. The monoisotopic (exact) mass is 1130 g/mol. The summed E-state index contributed by atoms with van der Waals surface area (Å²) in [4.78, 5) is 26.6. The maximum atomic E-state index is 13.4. The molecule has 464 valence electrons. The van der Waals surface area contributed by atoms with Crippen LogP contribution in [-0.2, 0) is 23.8 Å². The summed E-state index contributed by atoms with van der Waals surface area (Å²) in [6.07, 6.45) is 66.9. The summed E-state index contributed by atoms with van der Waals surface area (Å²) in [7, 11) is 0. The van der Waals surface area contributed by atoms with Crippen LogP contribution in [0.2, 0.25) is 0 Å². The van der Waals surface area contributed by atoms with Crippen LogP contribution in [0.4, 0.5) is 0 Å². The molecule has 1 aliphatic rings. The molecule has 0 aliphatic carbocycles. The highest BCUT2D eigenvalue weighted by molar-refractivity contribution is 5.80. The molecule has 0 radical (unpaired) electrons. The number of nitrogens with one attached hydrogen (secondary N) is 1. The number of amides is 1. The zero-order valence-electron chi connectivity index (χ0n) is 51.4. The summed E-state index contributed by atoms with van der Waals surface area (Å²) < 4.78 is 17.6. The Bertz CT molecular complexity index is 1730. The van der Waals surface area contributed by atoms with E-state index >= 15 is 0 Å². The lowest BCUT2D eigenvalue weighted by atomic mass is 9.99. The first-order valence-corrected chi connectivity index (χ1v) is 32.7. The third-order valence-corrected chi connectivity index (χ3v) is 14.7. The maximum Gasteiger partial charge on any atom is 0.306 e. The lowest BCUT2D eigenvalue weighted by molar-refractivity contribution is -0.305. The second-order valence-electron chi connectivity index (χ2n) is 22.1. The number of rotatable bonds is 54. The first kappa shape index (κ1) is 75.3. The highest BCUT2D eigenvalue weighted by Crippen LogP contribution is 2.26. The van der Waals surface area contributed by atoms with Crippen molar-refractivity contribution in [3.8, 4) is 0 Å². The summed E-state index contributed by atoms with van der Waals surface area (Å²) >= 11 is 0. The lowest BCUT2D eigenvalue weighted by Gasteiger charge is -2.41. The van der Waals surface area contributed by atoms with Crippen molar-refractivity contribution in [2.45, 2.75) is 307 Å². The summed E-state index contributed by atoms with van der Waals surface area (Å²) in [5.74, 6) is -1.23. The molecule has 0 bridgehead atoms. The number of ether oxygens (including phenoxy) is 3. The minimum Gasteiger partial charge on any atom is -0.454 e. The van der Waals surface area contributed by atoms with Gasteiger partial charge in [0.1, 0.15) is 24.4 Å². The Hall–Kier alpha value is -3.68. The van der Waals surface area contributed by atoms with Gasteiger partial charge < -0.3 is 45.1 Å². The number of hydrogen-bond acceptors (Lipinski definition) is 10. The molecule has 6 N–H and O–H groups in total. The molecule has 0 saturated carbocycles. The standard InChI is InChI=1S/C70H119NO10/c1-4-7-10-13-16-19-22-24-26-28-30-32-34-36-38-40-43-46-49-52-55-58-65(75)81-68-67(77)66(76)64(59-72)80-70(68)79-60-61(62(73)56-53-50-47-44-41-21-18-15-12-9-6-3)71-69(78)63(74)57-54-51-48-45-42-39-37-35-33-31-29-27-25-23-20-17-14-11-8-5-2/h7,10,16-17,19-20,24-27,30-33,36,38,53,56,61-64,66-68,70,72-74,76-77H,4-6,8-9,11-15,18,21-23,28-29,34-35,37,39-52,54-55,57-60H2,1-3H3,(H,71,78)/b10-7-,19-16-,20-17-,26-24-,27-25-,32-30-,33-31-,38-36-,56-53+. The molecule has 1 heterocycles. The fourth-order valence-corrected chi connectivity index (χ4v) is 9.51. The van der Waals surface area contributed by atoms with E-state index in [4.69, 9.17) is 14.2 Å². The van der Waals surface area contributed by atoms with E-state index < -0.39 is 67.4 Å². The SMILES string of the molecule is CC/C=C\C/C=C\C/C=C\C/C=C\C/C=C\CCCCCCCC(=O)OC1C(OCC(NC(=O)C(O)CCCCCCCCC/C=C\C/C=C\C/C=C\CCCCC)C(O)/C=C/CCCCCCCCCCC)OC(CO)C(O)C1O. The minimum absolute atomic E-state index is 0.0949. The van der Waals surface area contributed by atoms with Gasteiger partial charge in [0.2, 0.25) is 5.91 Å². The van der Waals surface area contributed by atoms with Crippen molar-refractivity contribution in [2.75, 3.05) is 13.2 Å². The zero-order chi connectivity index (χ0) is 58.9. The van der Waals surface area contributed by atoms with Gasteiger partial charge in [0, 0.05) is 6.42 Å². The van der Waals surface area contributed by atoms with Crippen molar-refractivity contribution < 1.29 is 49.3 Å². The van der Waals surface area contributed by atoms with Gasteiger partial charge in [-0.15, -0.1) is 0 Å². The number of allylic oxidation sites excluding steroid dienone is 17. The van der Waals surface area contributed by atoms with E-state index in [9.17, 15) is 35.1 Å². The normalized spacial score (nSPS) is 19.4. The van der Waals surface area contributed by atoms with Gasteiger partial charge in [0.25, 0.3) is 0 Å². The Kier molecular flexibility index (Phi) is 52.8. The number of carbonyl (C=O) groups is 2. The highest BCUT2D eigenvalue weighted by atomic mass is 16.7. The van der Waals surface area contributed by atoms with Gasteiger partial charge in [-0.1, -0.05) is 252 Å². The van der Waals surface area contributed by atoms with Crippen molar-refractivity contribution >= 4 is 11.9 Å². The summed E-state index contributed by atoms with van der Waals surface area (Å²) in [6, 6.07) is -1.04. The second kappa shape index (κ2) is 56.8. The van der Waals surface area contributed by atoms with Gasteiger partial charge in [0.05, 0.1) is 25.4 Å².